The number of likely N-dealkylation sites (tertiary alicyclic amines) is 1. The van der Waals surface area contributed by atoms with Gasteiger partial charge in [0.15, 0.2) is 0 Å². The van der Waals surface area contributed by atoms with Crippen LogP contribution in [0.15, 0.2) is 71.9 Å². The van der Waals surface area contributed by atoms with Crippen LogP contribution in [0.3, 0.4) is 0 Å². The van der Waals surface area contributed by atoms with E-state index in [-0.39, 0.29) is 6.54 Å². The Balaban J connectivity index is 1.23. The third-order valence-electron chi connectivity index (χ3n) is 8.70. The number of carboxylic acids is 1. The molecule has 1 aliphatic heterocycles. The predicted octanol–water partition coefficient (Wildman–Crippen LogP) is 6.50. The van der Waals surface area contributed by atoms with Gasteiger partial charge < -0.3 is 30.2 Å². The molecule has 1 saturated heterocycles. The number of thioether (sulfide) groups is 1. The Morgan fingerprint density at radius 1 is 0.958 bits per heavy atom. The van der Waals surface area contributed by atoms with Crippen LogP contribution in [0.25, 0.3) is 11.1 Å². The first-order valence-corrected chi connectivity index (χ1v) is 17.5. The molecule has 0 spiro atoms. The lowest BCUT2D eigenvalue weighted by Crippen LogP contribution is -2.26. The van der Waals surface area contributed by atoms with E-state index in [9.17, 15) is 15.0 Å². The lowest BCUT2D eigenvalue weighted by Gasteiger charge is -2.18. The number of aliphatic hydroxyl groups is 1. The van der Waals surface area contributed by atoms with Gasteiger partial charge in [0, 0.05) is 60.7 Å². The zero-order valence-corrected chi connectivity index (χ0v) is 29.0. The van der Waals surface area contributed by atoms with E-state index in [0.29, 0.717) is 56.0 Å². The van der Waals surface area contributed by atoms with Crippen LogP contribution in [0.1, 0.15) is 34.2 Å². The summed E-state index contributed by atoms with van der Waals surface area (Å²) in [6.45, 7) is 6.94. The second-order valence-electron chi connectivity index (χ2n) is 11.9. The highest BCUT2D eigenvalue weighted by molar-refractivity contribution is 7.98. The number of halogens is 1. The molecule has 0 radical (unpaired) electrons. The summed E-state index contributed by atoms with van der Waals surface area (Å²) in [7, 11) is 0. The molecule has 5 rings (SSSR count). The van der Waals surface area contributed by atoms with Crippen molar-refractivity contribution in [3.8, 4) is 28.4 Å². The lowest BCUT2D eigenvalue weighted by atomic mass is 9.93. The van der Waals surface area contributed by atoms with E-state index in [0.717, 1.165) is 56.0 Å². The van der Waals surface area contributed by atoms with Crippen molar-refractivity contribution >= 4 is 29.3 Å². The van der Waals surface area contributed by atoms with E-state index in [1.807, 2.05) is 47.7 Å². The van der Waals surface area contributed by atoms with Crippen molar-refractivity contribution in [3.63, 3.8) is 0 Å². The van der Waals surface area contributed by atoms with E-state index in [2.05, 4.69) is 31.0 Å². The summed E-state index contributed by atoms with van der Waals surface area (Å²) in [5.74, 6) is 0.246. The van der Waals surface area contributed by atoms with E-state index >= 15 is 0 Å². The van der Waals surface area contributed by atoms with Crippen LogP contribution in [-0.4, -0.2) is 64.7 Å². The Kier molecular flexibility index (Phi) is 12.2. The zero-order chi connectivity index (χ0) is 34.2. The van der Waals surface area contributed by atoms with E-state index in [1.54, 1.807) is 30.1 Å². The normalized spacial score (nSPS) is 16.2. The third-order valence-corrected chi connectivity index (χ3v) is 9.69. The van der Waals surface area contributed by atoms with E-state index < -0.39 is 18.0 Å². The Hall–Kier alpha value is -3.80. The molecule has 4 N–H and O–H groups in total. The number of ether oxygens (including phenoxy) is 3. The van der Waals surface area contributed by atoms with Gasteiger partial charge in [0.25, 0.3) is 0 Å². The fourth-order valence-corrected chi connectivity index (χ4v) is 6.58. The first kappa shape index (κ1) is 35.5. The Bertz CT molecular complexity index is 1740. The van der Waals surface area contributed by atoms with Gasteiger partial charge in [-0.05, 0) is 72.5 Å². The quantitative estimate of drug-likeness (QED) is 0.0939. The highest BCUT2D eigenvalue weighted by Gasteiger charge is 2.36. The average Bonchev–Trinajstić information content (AvgIpc) is 3.47. The summed E-state index contributed by atoms with van der Waals surface area (Å²) in [5.41, 5.74) is 13.0. The molecule has 0 amide bonds. The lowest BCUT2D eigenvalue weighted by molar-refractivity contribution is -0.143. The van der Waals surface area contributed by atoms with Crippen LogP contribution in [-0.2, 0) is 24.6 Å². The molecule has 1 fully saturated rings. The molecule has 11 heteroatoms. The van der Waals surface area contributed by atoms with Crippen LogP contribution >= 0.6 is 23.4 Å². The highest BCUT2D eigenvalue weighted by Crippen LogP contribution is 2.36. The van der Waals surface area contributed by atoms with Gasteiger partial charge in [0.1, 0.15) is 30.5 Å². The summed E-state index contributed by atoms with van der Waals surface area (Å²) in [4.78, 5) is 18.6. The first-order valence-electron chi connectivity index (χ1n) is 15.9. The summed E-state index contributed by atoms with van der Waals surface area (Å²) in [5, 5.41) is 19.7. The van der Waals surface area contributed by atoms with Gasteiger partial charge in [-0.3, -0.25) is 14.7 Å². The molecule has 254 valence electrons. The second-order valence-corrected chi connectivity index (χ2v) is 13.2. The monoisotopic (exact) mass is 691 g/mol. The van der Waals surface area contributed by atoms with Crippen LogP contribution in [0.2, 0.25) is 5.02 Å². The molecule has 1 aliphatic rings. The highest BCUT2D eigenvalue weighted by atomic mass is 35.5. The van der Waals surface area contributed by atoms with Crippen molar-refractivity contribution in [2.75, 3.05) is 32.5 Å². The molecule has 48 heavy (non-hydrogen) atoms. The number of carbonyl (C=O) groups is 1. The van der Waals surface area contributed by atoms with Crippen molar-refractivity contribution in [1.29, 1.82) is 0 Å². The van der Waals surface area contributed by atoms with Crippen molar-refractivity contribution < 1.29 is 29.2 Å². The number of nitrogens with zero attached hydrogens (tertiary/aromatic N) is 2. The number of nitrogens with two attached hydrogens (primary N) is 1. The van der Waals surface area contributed by atoms with Gasteiger partial charge in [0.05, 0.1) is 23.7 Å². The zero-order valence-electron chi connectivity index (χ0n) is 27.4. The first-order chi connectivity index (χ1) is 23.2. The molecule has 2 unspecified atom stereocenters. The number of aliphatic carboxylic acids is 1. The molecular formula is C37H42ClN3O6S. The number of rotatable bonds is 15. The number of aliphatic hydroxyl groups excluding tert-OH is 1. The molecule has 1 aromatic heterocycles. The van der Waals surface area contributed by atoms with Crippen LogP contribution < -0.4 is 19.9 Å². The SMILES string of the molecule is CSc1cncc(COc2cc(OCc3cccc(-c4cccc(OCCCN5CC(O)C(C(=O)O)C5)c4C)c3C)c(Cl)cc2CN)c1. The van der Waals surface area contributed by atoms with Crippen LogP contribution in [0.4, 0.5) is 0 Å². The smallest absolute Gasteiger partial charge is 0.310 e. The van der Waals surface area contributed by atoms with Gasteiger partial charge in [-0.2, -0.15) is 0 Å². The summed E-state index contributed by atoms with van der Waals surface area (Å²) < 4.78 is 18.6. The van der Waals surface area contributed by atoms with E-state index in [4.69, 9.17) is 31.5 Å². The molecule has 2 atom stereocenters. The molecular weight excluding hydrogens is 650 g/mol. The minimum atomic E-state index is -0.953. The maximum absolute atomic E-state index is 11.3. The van der Waals surface area contributed by atoms with E-state index in [1.165, 1.54) is 0 Å². The fraction of sp³-hybridized carbons (Fsp3) is 0.351. The number of β-amino-alcohol motifs (C(OH)–C–C–N with tert-alkyl or cyclic N) is 1. The summed E-state index contributed by atoms with van der Waals surface area (Å²) >= 11 is 8.25. The van der Waals surface area contributed by atoms with Crippen molar-refractivity contribution in [2.24, 2.45) is 11.7 Å². The second kappa shape index (κ2) is 16.5. The van der Waals surface area contributed by atoms with Gasteiger partial charge in [-0.25, -0.2) is 0 Å². The number of hydrogen-bond donors (Lipinski definition) is 3. The Morgan fingerprint density at radius 2 is 1.71 bits per heavy atom. The number of benzene rings is 3. The minimum absolute atomic E-state index is 0.275. The average molecular weight is 692 g/mol. The standard InChI is InChI=1S/C37H42ClN3O6S/c1-23-26(22-47-36-15-35(27(16-39)14-32(36)38)46-21-25-13-28(48-3)18-40-17-25)7-4-8-29(23)30-9-5-10-34(24(30)2)45-12-6-11-41-19-31(37(43)44)33(42)20-41/h4-5,7-10,13-15,17-18,31,33,42H,6,11-12,16,19-22,39H2,1-3H3,(H,43,44). The maximum Gasteiger partial charge on any atom is 0.310 e. The maximum atomic E-state index is 11.3. The largest absolute Gasteiger partial charge is 0.493 e. The van der Waals surface area contributed by atoms with Crippen molar-refractivity contribution in [3.05, 3.63) is 99.8 Å². The fourth-order valence-electron chi connectivity index (χ4n) is 5.91. The van der Waals surface area contributed by atoms with Gasteiger partial charge >= 0.3 is 5.97 Å². The summed E-state index contributed by atoms with van der Waals surface area (Å²) in [6, 6.07) is 17.8. The third kappa shape index (κ3) is 8.61. The number of carboxylic acid groups (broad SMARTS) is 1. The number of hydrogen-bond acceptors (Lipinski definition) is 9. The number of pyridine rings is 1. The Labute approximate surface area is 291 Å². The van der Waals surface area contributed by atoms with Crippen LogP contribution in [0, 0.1) is 19.8 Å². The molecule has 4 aromatic rings. The topological polar surface area (TPSA) is 127 Å². The van der Waals surface area contributed by atoms with Crippen molar-refractivity contribution in [2.45, 2.75) is 51.0 Å². The van der Waals surface area contributed by atoms with Crippen molar-refractivity contribution in [1.82, 2.24) is 9.88 Å². The molecule has 0 bridgehead atoms. The van der Waals surface area contributed by atoms with Gasteiger partial charge in [0.2, 0.25) is 0 Å². The molecule has 0 saturated carbocycles. The van der Waals surface area contributed by atoms with Gasteiger partial charge in [-0.1, -0.05) is 41.9 Å². The molecule has 3 aromatic carbocycles. The number of aromatic nitrogens is 1. The van der Waals surface area contributed by atoms with Crippen LogP contribution in [0.5, 0.6) is 17.2 Å². The Morgan fingerprint density at radius 3 is 2.44 bits per heavy atom. The molecule has 0 aliphatic carbocycles. The minimum Gasteiger partial charge on any atom is -0.493 e. The summed E-state index contributed by atoms with van der Waals surface area (Å²) in [6.07, 6.45) is 5.51. The van der Waals surface area contributed by atoms with Gasteiger partial charge in [-0.15, -0.1) is 11.8 Å². The predicted molar refractivity (Wildman–Crippen MR) is 189 cm³/mol. The molecule has 2 heterocycles. The molecule has 9 nitrogen and oxygen atoms in total.